The van der Waals surface area contributed by atoms with Crippen LogP contribution in [0.4, 0.5) is 8.78 Å². The molecule has 2 N–H and O–H groups in total. The van der Waals surface area contributed by atoms with Gasteiger partial charge in [0.1, 0.15) is 11.6 Å². The van der Waals surface area contributed by atoms with E-state index in [-0.39, 0.29) is 11.9 Å². The van der Waals surface area contributed by atoms with Crippen molar-refractivity contribution in [3.05, 3.63) is 59.2 Å². The number of benzene rings is 2. The molecule has 0 radical (unpaired) electrons. The van der Waals surface area contributed by atoms with Gasteiger partial charge in [0, 0.05) is 30.6 Å². The molecule has 0 unspecified atom stereocenters. The van der Waals surface area contributed by atoms with Gasteiger partial charge in [-0.3, -0.25) is 4.79 Å². The topological polar surface area (TPSA) is 59.6 Å². The number of carbonyl (C=O) groups excluding carboxylic acids is 1. The molecule has 2 aromatic rings. The molecule has 0 aliphatic carbocycles. The summed E-state index contributed by atoms with van der Waals surface area (Å²) in [7, 11) is 3.14. The van der Waals surface area contributed by atoms with Gasteiger partial charge in [-0.15, -0.1) is 0 Å². The van der Waals surface area contributed by atoms with Crippen molar-refractivity contribution in [2.24, 2.45) is 0 Å². The maximum Gasteiger partial charge on any atom is 0.220 e. The van der Waals surface area contributed by atoms with Gasteiger partial charge in [0.25, 0.3) is 0 Å². The minimum atomic E-state index is -0.668. The fourth-order valence-corrected chi connectivity index (χ4v) is 3.42. The molecule has 144 valence electrons. The fourth-order valence-electron chi connectivity index (χ4n) is 3.42. The third-order valence-corrected chi connectivity index (χ3v) is 4.68. The molecule has 0 spiro atoms. The molecule has 7 heteroatoms. The summed E-state index contributed by atoms with van der Waals surface area (Å²) in [5.74, 6) is -0.226. The van der Waals surface area contributed by atoms with Crippen LogP contribution in [0.25, 0.3) is 0 Å². The van der Waals surface area contributed by atoms with Gasteiger partial charge < -0.3 is 20.1 Å². The Bertz CT molecular complexity index is 809. The highest BCUT2D eigenvalue weighted by Gasteiger charge is 2.30. The van der Waals surface area contributed by atoms with Crippen LogP contribution in [0.1, 0.15) is 30.0 Å². The summed E-state index contributed by atoms with van der Waals surface area (Å²) in [6.07, 6.45) is 0.905. The number of nitrogens with one attached hydrogen (secondary N) is 2. The van der Waals surface area contributed by atoms with Crippen molar-refractivity contribution >= 4 is 5.91 Å². The molecule has 3 rings (SSSR count). The van der Waals surface area contributed by atoms with Gasteiger partial charge in [0.15, 0.2) is 11.5 Å². The van der Waals surface area contributed by atoms with Crippen molar-refractivity contribution in [1.82, 2.24) is 10.6 Å². The number of carbonyl (C=O) groups is 1. The zero-order valence-electron chi connectivity index (χ0n) is 15.2. The van der Waals surface area contributed by atoms with Crippen LogP contribution in [-0.4, -0.2) is 26.2 Å². The van der Waals surface area contributed by atoms with E-state index in [2.05, 4.69) is 10.6 Å². The second kappa shape index (κ2) is 8.35. The number of methoxy groups -OCH3 is 2. The van der Waals surface area contributed by atoms with Gasteiger partial charge in [-0.2, -0.15) is 0 Å². The third-order valence-electron chi connectivity index (χ3n) is 4.68. The number of amides is 1. The number of ether oxygens (including phenoxy) is 2. The molecule has 5 nitrogen and oxygen atoms in total. The highest BCUT2D eigenvalue weighted by atomic mass is 19.1. The second-order valence-electron chi connectivity index (χ2n) is 6.43. The van der Waals surface area contributed by atoms with E-state index in [1.165, 1.54) is 12.1 Å². The minimum Gasteiger partial charge on any atom is -0.493 e. The van der Waals surface area contributed by atoms with E-state index in [0.29, 0.717) is 36.4 Å². The minimum absolute atomic E-state index is 0.137. The van der Waals surface area contributed by atoms with E-state index >= 15 is 0 Å². The van der Waals surface area contributed by atoms with Crippen LogP contribution in [0.5, 0.6) is 11.5 Å². The maximum atomic E-state index is 13.6. The summed E-state index contributed by atoms with van der Waals surface area (Å²) in [5.41, 5.74) is 1.29. The average Bonchev–Trinajstić information content (AvgIpc) is 2.65. The predicted octanol–water partition coefficient (Wildman–Crippen LogP) is 3.09. The summed E-state index contributed by atoms with van der Waals surface area (Å²) in [5, 5.41) is 6.21. The molecule has 2 atom stereocenters. The van der Waals surface area contributed by atoms with Crippen molar-refractivity contribution in [2.45, 2.75) is 31.5 Å². The SMILES string of the molecule is COc1cccc(CN[C@@H]2CCC(=O)N[C@H]2c2cc(F)cc(F)c2)c1OC. The monoisotopic (exact) mass is 376 g/mol. The summed E-state index contributed by atoms with van der Waals surface area (Å²) >= 11 is 0. The first-order chi connectivity index (χ1) is 13.0. The van der Waals surface area contributed by atoms with E-state index in [1.54, 1.807) is 14.2 Å². The lowest BCUT2D eigenvalue weighted by Gasteiger charge is -2.33. The first kappa shape index (κ1) is 19.1. The van der Waals surface area contributed by atoms with Gasteiger partial charge in [-0.25, -0.2) is 8.78 Å². The Labute approximate surface area is 156 Å². The molecule has 1 aliphatic heterocycles. The molecule has 0 saturated carbocycles. The molecule has 1 fully saturated rings. The molecule has 1 aliphatic rings. The first-order valence-corrected chi connectivity index (χ1v) is 8.70. The Kier molecular flexibility index (Phi) is 5.91. The van der Waals surface area contributed by atoms with Crippen LogP contribution >= 0.6 is 0 Å². The molecular formula is C20H22F2N2O3. The van der Waals surface area contributed by atoms with E-state index in [0.717, 1.165) is 11.6 Å². The van der Waals surface area contributed by atoms with Crippen molar-refractivity contribution in [3.8, 4) is 11.5 Å². The summed E-state index contributed by atoms with van der Waals surface area (Å²) in [6, 6.07) is 8.19. The van der Waals surface area contributed by atoms with Crippen LogP contribution in [0.3, 0.4) is 0 Å². The standard InChI is InChI=1S/C20H22F2N2O3/c1-26-17-5-3-4-12(20(17)27-2)11-23-16-6-7-18(25)24-19(16)13-8-14(21)10-15(22)9-13/h3-5,8-10,16,19,23H,6-7,11H2,1-2H3,(H,24,25)/t16-,19+/m1/s1. The van der Waals surface area contributed by atoms with Crippen molar-refractivity contribution in [3.63, 3.8) is 0 Å². The van der Waals surface area contributed by atoms with Crippen LogP contribution in [0.2, 0.25) is 0 Å². The van der Waals surface area contributed by atoms with E-state index in [1.807, 2.05) is 18.2 Å². The van der Waals surface area contributed by atoms with E-state index in [9.17, 15) is 13.6 Å². The van der Waals surface area contributed by atoms with Gasteiger partial charge in [-0.05, 0) is 30.2 Å². The predicted molar refractivity (Wildman–Crippen MR) is 96.6 cm³/mol. The molecule has 1 heterocycles. The number of para-hydroxylation sites is 1. The highest BCUT2D eigenvalue weighted by molar-refractivity contribution is 5.77. The van der Waals surface area contributed by atoms with Crippen molar-refractivity contribution in [1.29, 1.82) is 0 Å². The van der Waals surface area contributed by atoms with Crippen LogP contribution in [-0.2, 0) is 11.3 Å². The Morgan fingerprint density at radius 3 is 2.56 bits per heavy atom. The normalized spacial score (nSPS) is 19.5. The third kappa shape index (κ3) is 4.36. The van der Waals surface area contributed by atoms with Gasteiger partial charge >= 0.3 is 0 Å². The number of piperidine rings is 1. The van der Waals surface area contributed by atoms with E-state index in [4.69, 9.17) is 9.47 Å². The summed E-state index contributed by atoms with van der Waals surface area (Å²) < 4.78 is 38.0. The largest absolute Gasteiger partial charge is 0.493 e. The molecular weight excluding hydrogens is 354 g/mol. The summed E-state index contributed by atoms with van der Waals surface area (Å²) in [6.45, 7) is 0.454. The molecule has 27 heavy (non-hydrogen) atoms. The zero-order valence-corrected chi connectivity index (χ0v) is 15.2. The van der Waals surface area contributed by atoms with Crippen LogP contribution in [0, 0.1) is 11.6 Å². The average molecular weight is 376 g/mol. The molecule has 0 aromatic heterocycles. The quantitative estimate of drug-likeness (QED) is 0.814. The molecule has 1 saturated heterocycles. The molecule has 2 aromatic carbocycles. The lowest BCUT2D eigenvalue weighted by atomic mass is 9.91. The van der Waals surface area contributed by atoms with E-state index < -0.39 is 17.7 Å². The number of hydrogen-bond donors (Lipinski definition) is 2. The lowest BCUT2D eigenvalue weighted by molar-refractivity contribution is -0.123. The Balaban J connectivity index is 1.81. The zero-order chi connectivity index (χ0) is 19.4. The van der Waals surface area contributed by atoms with Gasteiger partial charge in [0.2, 0.25) is 5.91 Å². The smallest absolute Gasteiger partial charge is 0.220 e. The number of rotatable bonds is 6. The Morgan fingerprint density at radius 1 is 1.15 bits per heavy atom. The van der Waals surface area contributed by atoms with Crippen LogP contribution < -0.4 is 20.1 Å². The maximum absolute atomic E-state index is 13.6. The lowest BCUT2D eigenvalue weighted by Crippen LogP contribution is -2.48. The second-order valence-corrected chi connectivity index (χ2v) is 6.43. The number of hydrogen-bond acceptors (Lipinski definition) is 4. The van der Waals surface area contributed by atoms with Crippen LogP contribution in [0.15, 0.2) is 36.4 Å². The summed E-state index contributed by atoms with van der Waals surface area (Å²) in [4.78, 5) is 11.9. The first-order valence-electron chi connectivity index (χ1n) is 8.70. The van der Waals surface area contributed by atoms with Gasteiger partial charge in [0.05, 0.1) is 20.3 Å². The number of halogens is 2. The van der Waals surface area contributed by atoms with Crippen molar-refractivity contribution in [2.75, 3.05) is 14.2 Å². The Hall–Kier alpha value is -2.67. The highest BCUT2D eigenvalue weighted by Crippen LogP contribution is 2.31. The van der Waals surface area contributed by atoms with Crippen molar-refractivity contribution < 1.29 is 23.0 Å². The van der Waals surface area contributed by atoms with Gasteiger partial charge in [-0.1, -0.05) is 12.1 Å². The Morgan fingerprint density at radius 2 is 1.89 bits per heavy atom. The molecule has 1 amide bonds. The fraction of sp³-hybridized carbons (Fsp3) is 0.350. The molecule has 0 bridgehead atoms.